The number of morpholine rings is 1. The highest BCUT2D eigenvalue weighted by Crippen LogP contribution is 2.14. The average molecular weight is 306 g/mol. The highest BCUT2D eigenvalue weighted by molar-refractivity contribution is 7.07. The van der Waals surface area contributed by atoms with E-state index < -0.39 is 0 Å². The van der Waals surface area contributed by atoms with Crippen molar-refractivity contribution in [3.63, 3.8) is 0 Å². The zero-order valence-electron chi connectivity index (χ0n) is 11.7. The highest BCUT2D eigenvalue weighted by atomic mass is 32.1. The summed E-state index contributed by atoms with van der Waals surface area (Å²) in [5, 5.41) is 2.09. The fraction of sp³-hybridized carbons (Fsp3) is 0.500. The van der Waals surface area contributed by atoms with E-state index in [1.807, 2.05) is 5.51 Å². The number of thiazole rings is 1. The van der Waals surface area contributed by atoms with Crippen molar-refractivity contribution in [3.8, 4) is 0 Å². The Morgan fingerprint density at radius 1 is 1.43 bits per heavy atom. The molecule has 3 heterocycles. The number of aryl methyl sites for hydroxylation is 1. The average Bonchev–Trinajstić information content (AvgIpc) is 2.99. The van der Waals surface area contributed by atoms with Crippen LogP contribution in [0.4, 0.5) is 0 Å². The second-order valence-electron chi connectivity index (χ2n) is 5.15. The first-order valence-electron chi connectivity index (χ1n) is 7.04. The molecular formula is C14H18N4O2S. The molecule has 1 atom stereocenters. The van der Waals surface area contributed by atoms with Gasteiger partial charge in [0.15, 0.2) is 0 Å². The van der Waals surface area contributed by atoms with Gasteiger partial charge >= 0.3 is 0 Å². The van der Waals surface area contributed by atoms with Gasteiger partial charge in [0, 0.05) is 36.8 Å². The zero-order valence-corrected chi connectivity index (χ0v) is 12.5. The van der Waals surface area contributed by atoms with Crippen molar-refractivity contribution < 1.29 is 4.74 Å². The molecule has 0 unspecified atom stereocenters. The molecule has 1 N–H and O–H groups in total. The van der Waals surface area contributed by atoms with Crippen LogP contribution < -0.4 is 5.56 Å². The van der Waals surface area contributed by atoms with Gasteiger partial charge in [-0.25, -0.2) is 9.97 Å². The van der Waals surface area contributed by atoms with Gasteiger partial charge in [-0.05, 0) is 12.8 Å². The number of nitrogens with one attached hydrogen (secondary N) is 1. The minimum Gasteiger partial charge on any atom is -0.376 e. The third-order valence-corrected chi connectivity index (χ3v) is 4.18. The first kappa shape index (κ1) is 14.4. The highest BCUT2D eigenvalue weighted by Gasteiger charge is 2.21. The number of aromatic nitrogens is 3. The van der Waals surface area contributed by atoms with Crippen LogP contribution in [-0.4, -0.2) is 45.7 Å². The van der Waals surface area contributed by atoms with E-state index in [9.17, 15) is 4.79 Å². The van der Waals surface area contributed by atoms with E-state index in [4.69, 9.17) is 4.74 Å². The predicted molar refractivity (Wildman–Crippen MR) is 80.3 cm³/mol. The number of hydrogen-bond donors (Lipinski definition) is 1. The Kier molecular flexibility index (Phi) is 4.74. The molecule has 1 saturated heterocycles. The van der Waals surface area contributed by atoms with Gasteiger partial charge in [-0.2, -0.15) is 0 Å². The fourth-order valence-corrected chi connectivity index (χ4v) is 3.05. The Morgan fingerprint density at radius 3 is 3.19 bits per heavy atom. The molecule has 6 nitrogen and oxygen atoms in total. The third-order valence-electron chi connectivity index (χ3n) is 3.55. The molecule has 0 aromatic carbocycles. The van der Waals surface area contributed by atoms with Gasteiger partial charge in [0.1, 0.15) is 0 Å². The minimum absolute atomic E-state index is 0.102. The Balaban J connectivity index is 1.50. The molecule has 1 aliphatic rings. The summed E-state index contributed by atoms with van der Waals surface area (Å²) < 4.78 is 5.81. The second kappa shape index (κ2) is 6.93. The molecular weight excluding hydrogens is 288 g/mol. The molecule has 2 aromatic heterocycles. The van der Waals surface area contributed by atoms with Gasteiger partial charge in [0.25, 0.3) is 5.56 Å². The molecule has 21 heavy (non-hydrogen) atoms. The molecule has 0 amide bonds. The number of H-pyrrole nitrogens is 1. The van der Waals surface area contributed by atoms with Crippen LogP contribution in [0.1, 0.15) is 17.8 Å². The first-order valence-corrected chi connectivity index (χ1v) is 7.98. The summed E-state index contributed by atoms with van der Waals surface area (Å²) in [5.74, 6) is 0. The normalized spacial score (nSPS) is 19.7. The van der Waals surface area contributed by atoms with Crippen LogP contribution in [0.2, 0.25) is 0 Å². The van der Waals surface area contributed by atoms with E-state index in [1.165, 1.54) is 6.33 Å². The molecule has 0 saturated carbocycles. The quantitative estimate of drug-likeness (QED) is 0.894. The topological polar surface area (TPSA) is 71.1 Å². The molecule has 0 spiro atoms. The van der Waals surface area contributed by atoms with Crippen LogP contribution in [0, 0.1) is 0 Å². The van der Waals surface area contributed by atoms with Gasteiger partial charge in [0.05, 0.1) is 30.2 Å². The standard InChI is InChI=1S/C14H18N4O2S/c19-14-5-11(15-9-16-14)1-2-13-7-18(3-4-20-13)6-12-8-21-10-17-12/h5,8-10,13H,1-4,6-7H2,(H,15,16,19)/t13-/m0/s1. The molecule has 0 bridgehead atoms. The van der Waals surface area contributed by atoms with Crippen molar-refractivity contribution in [2.45, 2.75) is 25.5 Å². The van der Waals surface area contributed by atoms with Crippen LogP contribution in [0.3, 0.4) is 0 Å². The summed E-state index contributed by atoms with van der Waals surface area (Å²) in [6.45, 7) is 3.47. The summed E-state index contributed by atoms with van der Waals surface area (Å²) in [4.78, 5) is 24.6. The van der Waals surface area contributed by atoms with Crippen LogP contribution in [0.15, 0.2) is 28.1 Å². The molecule has 0 radical (unpaired) electrons. The minimum atomic E-state index is -0.102. The molecule has 1 aliphatic heterocycles. The molecule has 2 aromatic rings. The maximum atomic E-state index is 11.2. The Hall–Kier alpha value is -1.57. The van der Waals surface area contributed by atoms with Gasteiger partial charge in [-0.15, -0.1) is 11.3 Å². The monoisotopic (exact) mass is 306 g/mol. The van der Waals surface area contributed by atoms with Crippen molar-refractivity contribution >= 4 is 11.3 Å². The number of hydrogen-bond acceptors (Lipinski definition) is 6. The lowest BCUT2D eigenvalue weighted by atomic mass is 10.1. The maximum absolute atomic E-state index is 11.2. The van der Waals surface area contributed by atoms with Crippen LogP contribution in [-0.2, 0) is 17.7 Å². The Labute approximate surface area is 126 Å². The Morgan fingerprint density at radius 2 is 2.38 bits per heavy atom. The van der Waals surface area contributed by atoms with E-state index in [0.717, 1.165) is 50.5 Å². The maximum Gasteiger partial charge on any atom is 0.250 e. The smallest absolute Gasteiger partial charge is 0.250 e. The molecule has 0 aliphatic carbocycles. The Bertz CT molecular complexity index is 613. The summed E-state index contributed by atoms with van der Waals surface area (Å²) >= 11 is 1.63. The van der Waals surface area contributed by atoms with E-state index in [2.05, 4.69) is 25.2 Å². The third kappa shape index (κ3) is 4.20. The fourth-order valence-electron chi connectivity index (χ4n) is 2.50. The lowest BCUT2D eigenvalue weighted by Crippen LogP contribution is -2.42. The molecule has 112 valence electrons. The van der Waals surface area contributed by atoms with Gasteiger partial charge < -0.3 is 9.72 Å². The lowest BCUT2D eigenvalue weighted by molar-refractivity contribution is -0.0349. The van der Waals surface area contributed by atoms with E-state index >= 15 is 0 Å². The molecule has 3 rings (SSSR count). The largest absolute Gasteiger partial charge is 0.376 e. The van der Waals surface area contributed by atoms with E-state index in [0.29, 0.717) is 0 Å². The molecule has 7 heteroatoms. The lowest BCUT2D eigenvalue weighted by Gasteiger charge is -2.32. The van der Waals surface area contributed by atoms with E-state index in [-0.39, 0.29) is 11.7 Å². The van der Waals surface area contributed by atoms with Gasteiger partial charge in [-0.1, -0.05) is 0 Å². The van der Waals surface area contributed by atoms with Crippen molar-refractivity contribution in [3.05, 3.63) is 45.0 Å². The van der Waals surface area contributed by atoms with Crippen LogP contribution in [0.25, 0.3) is 0 Å². The van der Waals surface area contributed by atoms with Gasteiger partial charge in [-0.3, -0.25) is 9.69 Å². The summed E-state index contributed by atoms with van der Waals surface area (Å²) in [5.41, 5.74) is 3.71. The summed E-state index contributed by atoms with van der Waals surface area (Å²) in [7, 11) is 0. The van der Waals surface area contributed by atoms with Crippen molar-refractivity contribution in [2.75, 3.05) is 19.7 Å². The van der Waals surface area contributed by atoms with E-state index in [1.54, 1.807) is 17.4 Å². The van der Waals surface area contributed by atoms with Crippen molar-refractivity contribution in [2.24, 2.45) is 0 Å². The van der Waals surface area contributed by atoms with Crippen molar-refractivity contribution in [1.29, 1.82) is 0 Å². The number of nitrogens with zero attached hydrogens (tertiary/aromatic N) is 3. The second-order valence-corrected chi connectivity index (χ2v) is 5.87. The summed E-state index contributed by atoms with van der Waals surface area (Å²) in [6.07, 6.45) is 3.29. The zero-order chi connectivity index (χ0) is 14.5. The number of rotatable bonds is 5. The van der Waals surface area contributed by atoms with Crippen molar-refractivity contribution in [1.82, 2.24) is 19.9 Å². The van der Waals surface area contributed by atoms with Crippen LogP contribution in [0.5, 0.6) is 0 Å². The SMILES string of the molecule is O=c1cc(CC[C@H]2CN(Cc3cscn3)CCO2)nc[nH]1. The van der Waals surface area contributed by atoms with Crippen LogP contribution >= 0.6 is 11.3 Å². The predicted octanol–water partition coefficient (Wildman–Crippen LogP) is 1.06. The van der Waals surface area contributed by atoms with Gasteiger partial charge in [0.2, 0.25) is 0 Å². The summed E-state index contributed by atoms with van der Waals surface area (Å²) in [6, 6.07) is 1.55. The number of aromatic amines is 1. The first-order chi connectivity index (χ1) is 10.3. The number of ether oxygens (including phenoxy) is 1. The molecule has 1 fully saturated rings.